The highest BCUT2D eigenvalue weighted by Crippen LogP contribution is 2.35. The Balaban J connectivity index is 1.73. The van der Waals surface area contributed by atoms with Gasteiger partial charge in [-0.05, 0) is 31.4 Å². The van der Waals surface area contributed by atoms with E-state index in [-0.39, 0.29) is 0 Å². The van der Waals surface area contributed by atoms with Crippen molar-refractivity contribution in [2.45, 2.75) is 25.8 Å². The fraction of sp³-hybridized carbons (Fsp3) is 0.333. The minimum atomic E-state index is 0.432. The average molecular weight is 325 g/mol. The van der Waals surface area contributed by atoms with Crippen LogP contribution in [0.15, 0.2) is 36.4 Å². The maximum Gasteiger partial charge on any atom is 0.138 e. The van der Waals surface area contributed by atoms with Gasteiger partial charge in [-0.25, -0.2) is 9.97 Å². The third-order valence-corrected chi connectivity index (χ3v) is 5.20. The van der Waals surface area contributed by atoms with Crippen molar-refractivity contribution in [1.82, 2.24) is 9.97 Å². The summed E-state index contributed by atoms with van der Waals surface area (Å²) in [7, 11) is 0. The summed E-state index contributed by atoms with van der Waals surface area (Å²) in [5, 5.41) is 4.72. The summed E-state index contributed by atoms with van der Waals surface area (Å²) in [6, 6.07) is 13.1. The van der Waals surface area contributed by atoms with Crippen LogP contribution in [0, 0.1) is 6.92 Å². The standard InChI is InChI=1S/C18H19N3OS/c1-12-19-17(21-14-7-9-22-10-8-14)15-11-16(23-18(15)20-12)13-5-3-2-4-6-13/h2-6,11,14H,7-10H2,1H3,(H,19,20,21). The van der Waals surface area contributed by atoms with Gasteiger partial charge in [0, 0.05) is 24.1 Å². The fourth-order valence-corrected chi connectivity index (χ4v) is 4.00. The van der Waals surface area contributed by atoms with E-state index in [2.05, 4.69) is 45.6 Å². The van der Waals surface area contributed by atoms with Gasteiger partial charge in [0.15, 0.2) is 0 Å². The topological polar surface area (TPSA) is 47.0 Å². The molecule has 1 N–H and O–H groups in total. The molecule has 4 nitrogen and oxygen atoms in total. The molecule has 0 atom stereocenters. The van der Waals surface area contributed by atoms with E-state index in [4.69, 9.17) is 4.74 Å². The first-order valence-corrected chi connectivity index (χ1v) is 8.79. The molecule has 23 heavy (non-hydrogen) atoms. The van der Waals surface area contributed by atoms with Crippen LogP contribution in [0.3, 0.4) is 0 Å². The molecule has 3 aromatic rings. The van der Waals surface area contributed by atoms with E-state index in [0.717, 1.165) is 47.9 Å². The van der Waals surface area contributed by atoms with Crippen LogP contribution < -0.4 is 5.32 Å². The van der Waals surface area contributed by atoms with Crippen molar-refractivity contribution in [3.8, 4) is 10.4 Å². The Morgan fingerprint density at radius 1 is 1.13 bits per heavy atom. The largest absolute Gasteiger partial charge is 0.381 e. The lowest BCUT2D eigenvalue weighted by Gasteiger charge is -2.23. The average Bonchev–Trinajstić information content (AvgIpc) is 3.01. The minimum Gasteiger partial charge on any atom is -0.381 e. The van der Waals surface area contributed by atoms with Gasteiger partial charge in [-0.3, -0.25) is 0 Å². The first kappa shape index (κ1) is 14.6. The number of benzene rings is 1. The summed E-state index contributed by atoms with van der Waals surface area (Å²) in [6.07, 6.45) is 2.06. The molecule has 0 saturated carbocycles. The molecule has 0 spiro atoms. The number of aryl methyl sites for hydroxylation is 1. The molecule has 0 amide bonds. The van der Waals surface area contributed by atoms with E-state index in [1.54, 1.807) is 11.3 Å². The molecule has 0 aliphatic carbocycles. The molecule has 1 saturated heterocycles. The van der Waals surface area contributed by atoms with Crippen LogP contribution >= 0.6 is 11.3 Å². The van der Waals surface area contributed by atoms with Crippen molar-refractivity contribution in [3.63, 3.8) is 0 Å². The molecule has 1 aliphatic heterocycles. The van der Waals surface area contributed by atoms with Crippen LogP contribution in [0.25, 0.3) is 20.7 Å². The van der Waals surface area contributed by atoms with Gasteiger partial charge in [0.05, 0.1) is 5.39 Å². The van der Waals surface area contributed by atoms with Gasteiger partial charge < -0.3 is 10.1 Å². The molecular formula is C18H19N3OS. The molecule has 0 bridgehead atoms. The Morgan fingerprint density at radius 2 is 1.91 bits per heavy atom. The van der Waals surface area contributed by atoms with Crippen molar-refractivity contribution in [3.05, 3.63) is 42.2 Å². The van der Waals surface area contributed by atoms with Crippen LogP contribution in [0.5, 0.6) is 0 Å². The van der Waals surface area contributed by atoms with Gasteiger partial charge in [-0.15, -0.1) is 11.3 Å². The second-order valence-electron chi connectivity index (χ2n) is 5.85. The number of fused-ring (bicyclic) bond motifs is 1. The zero-order chi connectivity index (χ0) is 15.6. The van der Waals surface area contributed by atoms with Crippen molar-refractivity contribution in [2.75, 3.05) is 18.5 Å². The molecule has 5 heteroatoms. The summed E-state index contributed by atoms with van der Waals surface area (Å²) in [5.41, 5.74) is 1.23. The van der Waals surface area contributed by atoms with Crippen LogP contribution in [0.4, 0.5) is 5.82 Å². The lowest BCUT2D eigenvalue weighted by Crippen LogP contribution is -2.28. The van der Waals surface area contributed by atoms with Crippen molar-refractivity contribution >= 4 is 27.4 Å². The number of anilines is 1. The quantitative estimate of drug-likeness (QED) is 0.782. The predicted octanol–water partition coefficient (Wildman–Crippen LogP) is 4.26. The summed E-state index contributed by atoms with van der Waals surface area (Å²) in [4.78, 5) is 11.5. The van der Waals surface area contributed by atoms with Crippen LogP contribution in [-0.2, 0) is 4.74 Å². The van der Waals surface area contributed by atoms with Gasteiger partial charge in [-0.1, -0.05) is 30.3 Å². The number of rotatable bonds is 3. The first-order chi connectivity index (χ1) is 11.3. The predicted molar refractivity (Wildman–Crippen MR) is 95.1 cm³/mol. The molecule has 0 radical (unpaired) electrons. The third-order valence-electron chi connectivity index (χ3n) is 4.12. The summed E-state index contributed by atoms with van der Waals surface area (Å²) in [5.74, 6) is 1.77. The summed E-state index contributed by atoms with van der Waals surface area (Å²) >= 11 is 1.72. The zero-order valence-electron chi connectivity index (χ0n) is 13.1. The van der Waals surface area contributed by atoms with Gasteiger partial charge in [0.25, 0.3) is 0 Å². The molecule has 3 heterocycles. The number of nitrogens with one attached hydrogen (secondary N) is 1. The molecule has 0 unspecified atom stereocenters. The van der Waals surface area contributed by atoms with E-state index < -0.39 is 0 Å². The number of hydrogen-bond donors (Lipinski definition) is 1. The number of ether oxygens (including phenoxy) is 1. The Morgan fingerprint density at radius 3 is 2.70 bits per heavy atom. The molecule has 4 rings (SSSR count). The third kappa shape index (κ3) is 3.07. The molecular weight excluding hydrogens is 306 g/mol. The smallest absolute Gasteiger partial charge is 0.138 e. The van der Waals surface area contributed by atoms with E-state index in [1.165, 1.54) is 10.4 Å². The summed E-state index contributed by atoms with van der Waals surface area (Å²) < 4.78 is 5.44. The Hall–Kier alpha value is -1.98. The SMILES string of the molecule is Cc1nc(NC2CCOCC2)c2cc(-c3ccccc3)sc2n1. The van der Waals surface area contributed by atoms with Gasteiger partial charge in [0.2, 0.25) is 0 Å². The monoisotopic (exact) mass is 325 g/mol. The second-order valence-corrected chi connectivity index (χ2v) is 6.88. The van der Waals surface area contributed by atoms with Crippen molar-refractivity contribution < 1.29 is 4.74 Å². The maximum atomic E-state index is 5.44. The van der Waals surface area contributed by atoms with E-state index in [0.29, 0.717) is 6.04 Å². The molecule has 1 aromatic carbocycles. The molecule has 1 aliphatic rings. The van der Waals surface area contributed by atoms with Crippen LogP contribution in [-0.4, -0.2) is 29.2 Å². The number of thiophene rings is 1. The van der Waals surface area contributed by atoms with Crippen molar-refractivity contribution in [1.29, 1.82) is 0 Å². The van der Waals surface area contributed by atoms with Crippen molar-refractivity contribution in [2.24, 2.45) is 0 Å². The number of nitrogens with zero attached hydrogens (tertiary/aromatic N) is 2. The van der Waals surface area contributed by atoms with Crippen LogP contribution in [0.2, 0.25) is 0 Å². The Labute approximate surface area is 139 Å². The molecule has 1 fully saturated rings. The zero-order valence-corrected chi connectivity index (χ0v) is 13.9. The lowest BCUT2D eigenvalue weighted by molar-refractivity contribution is 0.0904. The van der Waals surface area contributed by atoms with E-state index in [1.807, 2.05) is 13.0 Å². The highest BCUT2D eigenvalue weighted by atomic mass is 32.1. The van der Waals surface area contributed by atoms with Gasteiger partial charge in [-0.2, -0.15) is 0 Å². The molecule has 2 aromatic heterocycles. The first-order valence-electron chi connectivity index (χ1n) is 7.97. The number of hydrogen-bond acceptors (Lipinski definition) is 5. The maximum absolute atomic E-state index is 5.44. The lowest BCUT2D eigenvalue weighted by atomic mass is 10.1. The minimum absolute atomic E-state index is 0.432. The van der Waals surface area contributed by atoms with Gasteiger partial charge in [0.1, 0.15) is 16.5 Å². The highest BCUT2D eigenvalue weighted by molar-refractivity contribution is 7.21. The normalized spacial score (nSPS) is 15.9. The number of aromatic nitrogens is 2. The van der Waals surface area contributed by atoms with Crippen LogP contribution in [0.1, 0.15) is 18.7 Å². The summed E-state index contributed by atoms with van der Waals surface area (Å²) in [6.45, 7) is 3.60. The van der Waals surface area contributed by atoms with E-state index >= 15 is 0 Å². The highest BCUT2D eigenvalue weighted by Gasteiger charge is 2.17. The molecule has 118 valence electrons. The fourth-order valence-electron chi connectivity index (χ4n) is 2.92. The Kier molecular flexibility index (Phi) is 3.97. The Bertz CT molecular complexity index is 810. The van der Waals surface area contributed by atoms with Gasteiger partial charge >= 0.3 is 0 Å². The van der Waals surface area contributed by atoms with E-state index in [9.17, 15) is 0 Å². The second kappa shape index (κ2) is 6.26.